The number of halogens is 1. The SMILES string of the molecule is CN(C)C(=O)CCCNc1cc(Br)ccc1C#N. The lowest BCUT2D eigenvalue weighted by Crippen LogP contribution is -2.22. The normalized spacial score (nSPS) is 9.67. The molecule has 0 aromatic heterocycles. The zero-order valence-electron chi connectivity index (χ0n) is 10.5. The number of nitriles is 1. The van der Waals surface area contributed by atoms with Gasteiger partial charge in [-0.3, -0.25) is 4.79 Å². The van der Waals surface area contributed by atoms with E-state index < -0.39 is 0 Å². The van der Waals surface area contributed by atoms with Crippen molar-refractivity contribution in [2.24, 2.45) is 0 Å². The van der Waals surface area contributed by atoms with Gasteiger partial charge in [0.25, 0.3) is 0 Å². The van der Waals surface area contributed by atoms with E-state index >= 15 is 0 Å². The second kappa shape index (κ2) is 7.02. The molecule has 1 rings (SSSR count). The highest BCUT2D eigenvalue weighted by molar-refractivity contribution is 9.10. The summed E-state index contributed by atoms with van der Waals surface area (Å²) < 4.78 is 0.924. The van der Waals surface area contributed by atoms with Crippen LogP contribution in [0.3, 0.4) is 0 Å². The van der Waals surface area contributed by atoms with Crippen LogP contribution in [0.15, 0.2) is 22.7 Å². The van der Waals surface area contributed by atoms with Crippen LogP contribution in [0.4, 0.5) is 5.69 Å². The number of hydrogen-bond donors (Lipinski definition) is 1. The van der Waals surface area contributed by atoms with E-state index in [0.29, 0.717) is 18.5 Å². The number of hydrogen-bond acceptors (Lipinski definition) is 3. The van der Waals surface area contributed by atoms with Crippen molar-refractivity contribution in [2.45, 2.75) is 12.8 Å². The molecule has 0 heterocycles. The number of rotatable bonds is 5. The highest BCUT2D eigenvalue weighted by Crippen LogP contribution is 2.20. The Morgan fingerprint density at radius 3 is 2.83 bits per heavy atom. The van der Waals surface area contributed by atoms with Gasteiger partial charge in [-0.25, -0.2) is 0 Å². The lowest BCUT2D eigenvalue weighted by Gasteiger charge is -2.11. The van der Waals surface area contributed by atoms with E-state index in [9.17, 15) is 4.79 Å². The van der Waals surface area contributed by atoms with Gasteiger partial charge in [-0.05, 0) is 24.6 Å². The molecule has 0 atom stereocenters. The van der Waals surface area contributed by atoms with E-state index in [1.54, 1.807) is 25.1 Å². The summed E-state index contributed by atoms with van der Waals surface area (Å²) in [5, 5.41) is 12.1. The fraction of sp³-hybridized carbons (Fsp3) is 0.385. The predicted molar refractivity (Wildman–Crippen MR) is 75.3 cm³/mol. The van der Waals surface area contributed by atoms with Crippen LogP contribution in [0.25, 0.3) is 0 Å². The Labute approximate surface area is 116 Å². The van der Waals surface area contributed by atoms with Gasteiger partial charge in [-0.1, -0.05) is 15.9 Å². The second-order valence-corrected chi connectivity index (χ2v) is 5.04. The van der Waals surface area contributed by atoms with Crippen molar-refractivity contribution in [2.75, 3.05) is 26.0 Å². The number of nitrogens with zero attached hydrogens (tertiary/aromatic N) is 2. The Morgan fingerprint density at radius 1 is 1.50 bits per heavy atom. The molecule has 0 bridgehead atoms. The number of nitrogens with one attached hydrogen (secondary N) is 1. The van der Waals surface area contributed by atoms with Crippen molar-refractivity contribution in [3.63, 3.8) is 0 Å². The predicted octanol–water partition coefficient (Wildman–Crippen LogP) is 2.60. The van der Waals surface area contributed by atoms with Gasteiger partial charge in [-0.15, -0.1) is 0 Å². The van der Waals surface area contributed by atoms with Crippen LogP contribution in [0.1, 0.15) is 18.4 Å². The van der Waals surface area contributed by atoms with Gasteiger partial charge in [0.2, 0.25) is 5.91 Å². The van der Waals surface area contributed by atoms with Crippen LogP contribution in [-0.2, 0) is 4.79 Å². The summed E-state index contributed by atoms with van der Waals surface area (Å²) >= 11 is 3.37. The largest absolute Gasteiger partial charge is 0.384 e. The summed E-state index contributed by atoms with van der Waals surface area (Å²) in [6.07, 6.45) is 1.25. The van der Waals surface area contributed by atoms with E-state index in [-0.39, 0.29) is 5.91 Å². The third kappa shape index (κ3) is 4.38. The third-order valence-corrected chi connectivity index (χ3v) is 2.98. The maximum absolute atomic E-state index is 11.4. The smallest absolute Gasteiger partial charge is 0.222 e. The maximum atomic E-state index is 11.4. The molecule has 1 N–H and O–H groups in total. The van der Waals surface area contributed by atoms with E-state index in [1.807, 2.05) is 12.1 Å². The molecule has 0 unspecified atom stereocenters. The molecule has 4 nitrogen and oxygen atoms in total. The molecule has 0 aliphatic heterocycles. The van der Waals surface area contributed by atoms with Crippen LogP contribution in [0, 0.1) is 11.3 Å². The topological polar surface area (TPSA) is 56.1 Å². The first-order valence-electron chi connectivity index (χ1n) is 5.68. The van der Waals surface area contributed by atoms with Crippen LogP contribution in [-0.4, -0.2) is 31.4 Å². The average Bonchev–Trinajstić information content (AvgIpc) is 2.34. The first kappa shape index (κ1) is 14.5. The zero-order chi connectivity index (χ0) is 13.5. The van der Waals surface area contributed by atoms with Crippen LogP contribution in [0.2, 0.25) is 0 Å². The average molecular weight is 310 g/mol. The number of carbonyl (C=O) groups is 1. The van der Waals surface area contributed by atoms with Gasteiger partial charge in [0, 0.05) is 31.5 Å². The molecule has 5 heteroatoms. The summed E-state index contributed by atoms with van der Waals surface area (Å²) in [5.41, 5.74) is 1.40. The second-order valence-electron chi connectivity index (χ2n) is 4.12. The molecule has 1 aromatic carbocycles. The summed E-state index contributed by atoms with van der Waals surface area (Å²) in [5.74, 6) is 0.117. The zero-order valence-corrected chi connectivity index (χ0v) is 12.1. The van der Waals surface area contributed by atoms with Crippen LogP contribution in [0.5, 0.6) is 0 Å². The monoisotopic (exact) mass is 309 g/mol. The third-order valence-electron chi connectivity index (χ3n) is 2.48. The summed E-state index contributed by atoms with van der Waals surface area (Å²) in [6, 6.07) is 7.59. The molecule has 1 aromatic rings. The van der Waals surface area contributed by atoms with Gasteiger partial charge in [0.15, 0.2) is 0 Å². The molecule has 96 valence electrons. The molecule has 0 aliphatic rings. The molecule has 0 aliphatic carbocycles. The van der Waals surface area contributed by atoms with E-state index in [4.69, 9.17) is 5.26 Å². The van der Waals surface area contributed by atoms with E-state index in [0.717, 1.165) is 16.6 Å². The molecule has 0 fully saturated rings. The quantitative estimate of drug-likeness (QED) is 0.851. The number of benzene rings is 1. The van der Waals surface area contributed by atoms with Gasteiger partial charge >= 0.3 is 0 Å². The number of anilines is 1. The van der Waals surface area contributed by atoms with Crippen molar-refractivity contribution >= 4 is 27.5 Å². The molecule has 0 saturated carbocycles. The summed E-state index contributed by atoms with van der Waals surface area (Å²) in [4.78, 5) is 13.0. The Hall–Kier alpha value is -1.54. The van der Waals surface area contributed by atoms with Crippen molar-refractivity contribution in [3.8, 4) is 6.07 Å². The first-order chi connectivity index (χ1) is 8.54. The minimum absolute atomic E-state index is 0.117. The van der Waals surface area contributed by atoms with E-state index in [2.05, 4.69) is 27.3 Å². The highest BCUT2D eigenvalue weighted by Gasteiger charge is 2.05. The van der Waals surface area contributed by atoms with Crippen molar-refractivity contribution in [1.29, 1.82) is 5.26 Å². The Bertz CT molecular complexity index is 466. The maximum Gasteiger partial charge on any atom is 0.222 e. The summed E-state index contributed by atoms with van der Waals surface area (Å²) in [6.45, 7) is 0.671. The minimum Gasteiger partial charge on any atom is -0.384 e. The van der Waals surface area contributed by atoms with Gasteiger partial charge in [0.05, 0.1) is 11.3 Å². The number of carbonyl (C=O) groups excluding carboxylic acids is 1. The Balaban J connectivity index is 2.47. The summed E-state index contributed by atoms with van der Waals surface area (Å²) in [7, 11) is 3.50. The molecular weight excluding hydrogens is 294 g/mol. The lowest BCUT2D eigenvalue weighted by atomic mass is 10.2. The van der Waals surface area contributed by atoms with Gasteiger partial charge in [0.1, 0.15) is 6.07 Å². The Morgan fingerprint density at radius 2 is 2.22 bits per heavy atom. The van der Waals surface area contributed by atoms with Crippen molar-refractivity contribution in [3.05, 3.63) is 28.2 Å². The highest BCUT2D eigenvalue weighted by atomic mass is 79.9. The number of amides is 1. The van der Waals surface area contributed by atoms with Crippen molar-refractivity contribution in [1.82, 2.24) is 4.90 Å². The molecular formula is C13H16BrN3O. The fourth-order valence-electron chi connectivity index (χ4n) is 1.45. The van der Waals surface area contributed by atoms with Crippen molar-refractivity contribution < 1.29 is 4.79 Å². The fourth-order valence-corrected chi connectivity index (χ4v) is 1.81. The van der Waals surface area contributed by atoms with E-state index in [1.165, 1.54) is 0 Å². The Kier molecular flexibility index (Phi) is 5.66. The van der Waals surface area contributed by atoms with Gasteiger partial charge in [-0.2, -0.15) is 5.26 Å². The minimum atomic E-state index is 0.117. The lowest BCUT2D eigenvalue weighted by molar-refractivity contribution is -0.128. The molecule has 1 amide bonds. The molecule has 0 saturated heterocycles. The molecule has 0 radical (unpaired) electrons. The van der Waals surface area contributed by atoms with Crippen LogP contribution < -0.4 is 5.32 Å². The van der Waals surface area contributed by atoms with Crippen LogP contribution >= 0.6 is 15.9 Å². The molecule has 18 heavy (non-hydrogen) atoms. The standard InChI is InChI=1S/C13H16BrN3O/c1-17(2)13(18)4-3-7-16-12-8-11(14)6-5-10(12)9-15/h5-6,8,16H,3-4,7H2,1-2H3. The molecule has 0 spiro atoms. The first-order valence-corrected chi connectivity index (χ1v) is 6.47. The van der Waals surface area contributed by atoms with Gasteiger partial charge < -0.3 is 10.2 Å².